The first kappa shape index (κ1) is 20.7. The van der Waals surface area contributed by atoms with Crippen LogP contribution in [-0.4, -0.2) is 49.7 Å². The smallest absolute Gasteiger partial charge is 0.263 e. The van der Waals surface area contributed by atoms with Gasteiger partial charge in [0.05, 0.1) is 18.3 Å². The van der Waals surface area contributed by atoms with E-state index in [4.69, 9.17) is 11.0 Å². The number of aromatic nitrogens is 4. The van der Waals surface area contributed by atoms with Gasteiger partial charge in [0, 0.05) is 36.3 Å². The molecule has 1 aliphatic carbocycles. The third-order valence-electron chi connectivity index (χ3n) is 6.42. The molecule has 0 bridgehead atoms. The zero-order chi connectivity index (χ0) is 23.0. The Morgan fingerprint density at radius 3 is 2.76 bits per heavy atom. The minimum atomic E-state index is -0.266. The van der Waals surface area contributed by atoms with Gasteiger partial charge in [0.15, 0.2) is 0 Å². The zero-order valence-corrected chi connectivity index (χ0v) is 18.1. The van der Waals surface area contributed by atoms with Gasteiger partial charge in [0.2, 0.25) is 0 Å². The average Bonchev–Trinajstić information content (AvgIpc) is 3.22. The summed E-state index contributed by atoms with van der Waals surface area (Å²) in [5.41, 5.74) is 9.10. The number of amides is 1. The van der Waals surface area contributed by atoms with E-state index in [-0.39, 0.29) is 22.9 Å². The van der Waals surface area contributed by atoms with Crippen LogP contribution in [0.3, 0.4) is 0 Å². The molecule has 3 heterocycles. The van der Waals surface area contributed by atoms with Crippen molar-refractivity contribution in [3.8, 4) is 17.2 Å². The Hall–Kier alpha value is -4.19. The van der Waals surface area contributed by atoms with E-state index >= 15 is 0 Å². The fourth-order valence-corrected chi connectivity index (χ4v) is 4.83. The Kier molecular flexibility index (Phi) is 5.05. The van der Waals surface area contributed by atoms with E-state index in [0.29, 0.717) is 31.3 Å². The van der Waals surface area contributed by atoms with Crippen LogP contribution in [0.15, 0.2) is 61.2 Å². The second-order valence-electron chi connectivity index (χ2n) is 8.90. The Bertz CT molecular complexity index is 1240. The van der Waals surface area contributed by atoms with Crippen LogP contribution in [0.4, 0.5) is 11.6 Å². The number of nitrogens with zero attached hydrogens (tertiary/aromatic N) is 6. The lowest BCUT2D eigenvalue weighted by Crippen LogP contribution is -2.66. The van der Waals surface area contributed by atoms with Gasteiger partial charge < -0.3 is 16.0 Å². The number of hydrogen-bond donors (Lipinski definition) is 2. The molecule has 5 rings (SSSR count). The third kappa shape index (κ3) is 3.91. The number of nitrogens with two attached hydrogens (primary N) is 1. The number of carbonyl (C=O) groups excluding carboxylic acids is 1. The van der Waals surface area contributed by atoms with Crippen molar-refractivity contribution in [3.05, 3.63) is 66.8 Å². The van der Waals surface area contributed by atoms with E-state index in [1.165, 1.54) is 6.33 Å². The fourth-order valence-electron chi connectivity index (χ4n) is 4.83. The number of nitriles is 1. The van der Waals surface area contributed by atoms with Crippen molar-refractivity contribution in [1.82, 2.24) is 24.6 Å². The summed E-state index contributed by atoms with van der Waals surface area (Å²) in [5, 5.41) is 16.9. The second kappa shape index (κ2) is 8.06. The highest BCUT2D eigenvalue weighted by atomic mass is 16.2. The van der Waals surface area contributed by atoms with Crippen LogP contribution >= 0.6 is 0 Å². The predicted octanol–water partition coefficient (Wildman–Crippen LogP) is 2.45. The molecule has 1 saturated carbocycles. The summed E-state index contributed by atoms with van der Waals surface area (Å²) >= 11 is 0. The molecule has 1 aromatic carbocycles. The van der Waals surface area contributed by atoms with E-state index in [9.17, 15) is 4.79 Å². The van der Waals surface area contributed by atoms with Gasteiger partial charge in [-0.15, -0.1) is 0 Å². The molecule has 9 nitrogen and oxygen atoms in total. The Balaban J connectivity index is 1.25. The molecule has 166 valence electrons. The number of rotatable bonds is 6. The summed E-state index contributed by atoms with van der Waals surface area (Å²) in [4.78, 5) is 22.4. The molecule has 33 heavy (non-hydrogen) atoms. The maximum absolute atomic E-state index is 12.1. The van der Waals surface area contributed by atoms with Crippen molar-refractivity contribution in [2.45, 2.75) is 25.4 Å². The lowest BCUT2D eigenvalue weighted by atomic mass is 9.60. The van der Waals surface area contributed by atoms with Crippen molar-refractivity contribution in [1.29, 1.82) is 5.26 Å². The minimum absolute atomic E-state index is 0.00670. The molecule has 1 saturated heterocycles. The highest BCUT2D eigenvalue weighted by Crippen LogP contribution is 2.50. The number of nitrogens with one attached hydrogen (secondary N) is 1. The van der Waals surface area contributed by atoms with Gasteiger partial charge in [-0.05, 0) is 18.4 Å². The molecule has 3 N–H and O–H groups in total. The molecule has 0 radical (unpaired) electrons. The van der Waals surface area contributed by atoms with Crippen molar-refractivity contribution in [3.63, 3.8) is 0 Å². The molecular formula is C24H24N8O. The molecule has 1 amide bonds. The highest BCUT2D eigenvalue weighted by Gasteiger charge is 2.54. The van der Waals surface area contributed by atoms with Gasteiger partial charge in [-0.3, -0.25) is 9.48 Å². The van der Waals surface area contributed by atoms with Crippen molar-refractivity contribution in [2.75, 3.05) is 24.1 Å². The van der Waals surface area contributed by atoms with Crippen LogP contribution < -0.4 is 11.1 Å². The SMILES string of the molecule is C=C(C#N)C(=O)N1CC2(CC(Nc3ncnc(N)c3-c3cnn(Cc4ccccc4)c3)C2)C1. The molecule has 2 fully saturated rings. The van der Waals surface area contributed by atoms with E-state index < -0.39 is 0 Å². The van der Waals surface area contributed by atoms with Crippen molar-refractivity contribution in [2.24, 2.45) is 5.41 Å². The monoisotopic (exact) mass is 440 g/mol. The molecule has 1 aliphatic heterocycles. The number of carbonyl (C=O) groups is 1. The number of hydrogen-bond acceptors (Lipinski definition) is 7. The summed E-state index contributed by atoms with van der Waals surface area (Å²) in [7, 11) is 0. The van der Waals surface area contributed by atoms with Crippen LogP contribution in [-0.2, 0) is 11.3 Å². The number of likely N-dealkylation sites (tertiary alicyclic amines) is 1. The largest absolute Gasteiger partial charge is 0.383 e. The van der Waals surface area contributed by atoms with E-state index in [2.05, 4.69) is 39.1 Å². The maximum atomic E-state index is 12.1. The fraction of sp³-hybridized carbons (Fsp3) is 0.292. The molecule has 1 spiro atoms. The lowest BCUT2D eigenvalue weighted by molar-refractivity contribution is -0.145. The highest BCUT2D eigenvalue weighted by molar-refractivity contribution is 5.97. The van der Waals surface area contributed by atoms with Crippen LogP contribution in [0.2, 0.25) is 0 Å². The first-order chi connectivity index (χ1) is 16.0. The summed E-state index contributed by atoms with van der Waals surface area (Å²) in [6.45, 7) is 5.50. The van der Waals surface area contributed by atoms with E-state index in [1.807, 2.05) is 35.1 Å². The van der Waals surface area contributed by atoms with Gasteiger partial charge in [-0.2, -0.15) is 10.4 Å². The Morgan fingerprint density at radius 2 is 2.03 bits per heavy atom. The number of benzene rings is 1. The van der Waals surface area contributed by atoms with Gasteiger partial charge in [0.1, 0.15) is 29.6 Å². The van der Waals surface area contributed by atoms with Crippen LogP contribution in [0.1, 0.15) is 18.4 Å². The summed E-state index contributed by atoms with van der Waals surface area (Å²) in [6, 6.07) is 12.2. The summed E-state index contributed by atoms with van der Waals surface area (Å²) < 4.78 is 1.87. The van der Waals surface area contributed by atoms with E-state index in [0.717, 1.165) is 29.5 Å². The molecular weight excluding hydrogens is 416 g/mol. The topological polar surface area (TPSA) is 126 Å². The standard InChI is InChI=1S/C24H24N8O/c1-16(9-25)23(33)31-13-24(14-31)7-19(8-24)30-22-20(21(26)27-15-28-22)18-10-29-32(12-18)11-17-5-3-2-4-6-17/h2-6,10,12,15,19H,1,7-8,11,13-14H2,(H3,26,27,28,30). The van der Waals surface area contributed by atoms with Crippen molar-refractivity contribution < 1.29 is 4.79 Å². The molecule has 2 aliphatic rings. The quantitative estimate of drug-likeness (QED) is 0.445. The number of anilines is 2. The van der Waals surface area contributed by atoms with Crippen LogP contribution in [0.5, 0.6) is 0 Å². The predicted molar refractivity (Wildman–Crippen MR) is 124 cm³/mol. The van der Waals surface area contributed by atoms with Gasteiger partial charge >= 0.3 is 0 Å². The molecule has 3 aromatic rings. The molecule has 9 heteroatoms. The average molecular weight is 441 g/mol. The normalized spacial score (nSPS) is 16.5. The first-order valence-corrected chi connectivity index (χ1v) is 10.8. The molecule has 2 aromatic heterocycles. The minimum Gasteiger partial charge on any atom is -0.383 e. The molecule has 0 atom stereocenters. The van der Waals surface area contributed by atoms with Crippen molar-refractivity contribution >= 4 is 17.5 Å². The van der Waals surface area contributed by atoms with Gasteiger partial charge in [0.25, 0.3) is 5.91 Å². The third-order valence-corrected chi connectivity index (χ3v) is 6.42. The van der Waals surface area contributed by atoms with Crippen LogP contribution in [0.25, 0.3) is 11.1 Å². The Morgan fingerprint density at radius 1 is 1.27 bits per heavy atom. The van der Waals surface area contributed by atoms with Crippen LogP contribution in [0, 0.1) is 16.7 Å². The van der Waals surface area contributed by atoms with Gasteiger partial charge in [-0.1, -0.05) is 36.9 Å². The Labute approximate surface area is 191 Å². The summed E-state index contributed by atoms with van der Waals surface area (Å²) in [6.07, 6.45) is 7.04. The maximum Gasteiger partial charge on any atom is 0.263 e. The first-order valence-electron chi connectivity index (χ1n) is 10.8. The van der Waals surface area contributed by atoms with Gasteiger partial charge in [-0.25, -0.2) is 9.97 Å². The zero-order valence-electron chi connectivity index (χ0n) is 18.1. The summed E-state index contributed by atoms with van der Waals surface area (Å²) in [5.74, 6) is 0.820. The lowest BCUT2D eigenvalue weighted by Gasteiger charge is -2.59. The second-order valence-corrected chi connectivity index (χ2v) is 8.90. The molecule has 0 unspecified atom stereocenters. The van der Waals surface area contributed by atoms with E-state index in [1.54, 1.807) is 11.1 Å². The number of nitrogen functional groups attached to an aromatic ring is 1.